The van der Waals surface area contributed by atoms with E-state index in [0.717, 1.165) is 11.3 Å². The fourth-order valence-electron chi connectivity index (χ4n) is 3.80. The number of thiophene rings is 1. The van der Waals surface area contributed by atoms with E-state index in [1.165, 1.54) is 6.07 Å². The van der Waals surface area contributed by atoms with Crippen LogP contribution in [0.1, 0.15) is 32.7 Å². The average Bonchev–Trinajstić information content (AvgIpc) is 3.35. The molecule has 10 heteroatoms. The van der Waals surface area contributed by atoms with Gasteiger partial charge in [-0.2, -0.15) is 5.26 Å². The first kappa shape index (κ1) is 22.6. The Morgan fingerprint density at radius 1 is 1.18 bits per heavy atom. The Balaban J connectivity index is 1.49. The molecule has 0 radical (unpaired) electrons. The van der Waals surface area contributed by atoms with Crippen molar-refractivity contribution in [3.8, 4) is 17.6 Å². The largest absolute Gasteiger partial charge is 0.465 e. The van der Waals surface area contributed by atoms with Crippen LogP contribution in [0.15, 0.2) is 58.3 Å². The van der Waals surface area contributed by atoms with E-state index in [9.17, 15) is 10.1 Å². The first-order valence-electron chi connectivity index (χ1n) is 9.84. The number of hydrogen-bond donors (Lipinski definition) is 1. The lowest BCUT2D eigenvalue weighted by atomic mass is 9.87. The van der Waals surface area contributed by atoms with Gasteiger partial charge in [-0.15, -0.1) is 11.3 Å². The summed E-state index contributed by atoms with van der Waals surface area (Å²) in [6.07, 6.45) is 0. The zero-order chi connectivity index (χ0) is 24.1. The molecule has 0 amide bonds. The molecule has 170 valence electrons. The molecule has 0 saturated heterocycles. The minimum Gasteiger partial charge on any atom is -0.465 e. The predicted molar refractivity (Wildman–Crippen MR) is 131 cm³/mol. The Labute approximate surface area is 212 Å². The molecule has 0 spiro atoms. The SMILES string of the molecule is Cc1ccc(C2C(C#N)=C(N)Oc3cc(OC(=O)c4sc5cc(Cl)cc(Cl)c5c4Cl)ccc32)o1. The number of allylic oxidation sites excluding steroid dienone is 1. The van der Waals surface area contributed by atoms with Crippen LogP contribution in [0.25, 0.3) is 10.1 Å². The van der Waals surface area contributed by atoms with E-state index in [1.807, 2.05) is 6.92 Å². The lowest BCUT2D eigenvalue weighted by Crippen LogP contribution is -2.21. The molecule has 1 aliphatic rings. The Hall–Kier alpha value is -3.15. The second-order valence-corrected chi connectivity index (χ2v) is 9.74. The van der Waals surface area contributed by atoms with Gasteiger partial charge in [0.2, 0.25) is 5.88 Å². The molecule has 2 aromatic heterocycles. The van der Waals surface area contributed by atoms with Gasteiger partial charge in [-0.25, -0.2) is 4.79 Å². The van der Waals surface area contributed by atoms with Crippen LogP contribution in [0.3, 0.4) is 0 Å². The minimum absolute atomic E-state index is 0.0448. The molecular weight excluding hydrogens is 519 g/mol. The van der Waals surface area contributed by atoms with Crippen LogP contribution in [0.4, 0.5) is 0 Å². The highest BCUT2D eigenvalue weighted by atomic mass is 35.5. The van der Waals surface area contributed by atoms with Crippen LogP contribution < -0.4 is 15.2 Å². The van der Waals surface area contributed by atoms with Crippen LogP contribution >= 0.6 is 46.1 Å². The third-order valence-corrected chi connectivity index (χ3v) is 7.40. The van der Waals surface area contributed by atoms with Gasteiger partial charge in [0.25, 0.3) is 0 Å². The third-order valence-electron chi connectivity index (χ3n) is 5.28. The molecule has 4 aromatic rings. The molecule has 1 unspecified atom stereocenters. The van der Waals surface area contributed by atoms with Gasteiger partial charge in [0.15, 0.2) is 0 Å². The van der Waals surface area contributed by atoms with Crippen molar-refractivity contribution in [3.63, 3.8) is 0 Å². The van der Waals surface area contributed by atoms with Gasteiger partial charge in [-0.05, 0) is 37.3 Å². The van der Waals surface area contributed by atoms with Crippen molar-refractivity contribution in [1.82, 2.24) is 0 Å². The lowest BCUT2D eigenvalue weighted by Gasteiger charge is -2.25. The van der Waals surface area contributed by atoms with Crippen molar-refractivity contribution in [3.05, 3.63) is 90.9 Å². The van der Waals surface area contributed by atoms with Gasteiger partial charge < -0.3 is 19.6 Å². The van der Waals surface area contributed by atoms with Crippen molar-refractivity contribution in [2.75, 3.05) is 0 Å². The number of nitriles is 1. The summed E-state index contributed by atoms with van der Waals surface area (Å²) in [6.45, 7) is 1.81. The number of carbonyl (C=O) groups is 1. The highest BCUT2D eigenvalue weighted by Gasteiger charge is 2.33. The monoisotopic (exact) mass is 530 g/mol. The topological polar surface area (TPSA) is 98.5 Å². The Morgan fingerprint density at radius 3 is 2.68 bits per heavy atom. The molecule has 6 nitrogen and oxygen atoms in total. The number of fused-ring (bicyclic) bond motifs is 2. The van der Waals surface area contributed by atoms with Crippen LogP contribution in [-0.4, -0.2) is 5.97 Å². The molecule has 0 saturated carbocycles. The van der Waals surface area contributed by atoms with E-state index in [-0.39, 0.29) is 27.1 Å². The summed E-state index contributed by atoms with van der Waals surface area (Å²) in [5, 5.41) is 11.2. The van der Waals surface area contributed by atoms with Crippen molar-refractivity contribution in [2.45, 2.75) is 12.8 Å². The summed E-state index contributed by atoms with van der Waals surface area (Å²) in [6, 6.07) is 13.8. The zero-order valence-electron chi connectivity index (χ0n) is 17.3. The van der Waals surface area contributed by atoms with Crippen molar-refractivity contribution >= 4 is 62.2 Å². The second-order valence-electron chi connectivity index (χ2n) is 7.47. The summed E-state index contributed by atoms with van der Waals surface area (Å²) < 4.78 is 17.7. The Bertz CT molecular complexity index is 1560. The van der Waals surface area contributed by atoms with Crippen molar-refractivity contribution in [2.24, 2.45) is 5.73 Å². The number of nitrogens with two attached hydrogens (primary N) is 1. The van der Waals surface area contributed by atoms with Gasteiger partial charge in [0.1, 0.15) is 39.5 Å². The average molecular weight is 532 g/mol. The van der Waals surface area contributed by atoms with E-state index < -0.39 is 11.9 Å². The number of aryl methyl sites for hydroxylation is 1. The first-order valence-corrected chi connectivity index (χ1v) is 11.8. The molecular formula is C24H13Cl3N2O4S. The fraction of sp³-hybridized carbons (Fsp3) is 0.0833. The highest BCUT2D eigenvalue weighted by molar-refractivity contribution is 7.21. The molecule has 34 heavy (non-hydrogen) atoms. The summed E-state index contributed by atoms with van der Waals surface area (Å²) >= 11 is 19.9. The highest BCUT2D eigenvalue weighted by Crippen LogP contribution is 2.45. The lowest BCUT2D eigenvalue weighted by molar-refractivity contribution is 0.0740. The molecule has 3 heterocycles. The smallest absolute Gasteiger partial charge is 0.355 e. The summed E-state index contributed by atoms with van der Waals surface area (Å²) in [4.78, 5) is 13.1. The van der Waals surface area contributed by atoms with Gasteiger partial charge in [-0.1, -0.05) is 40.9 Å². The van der Waals surface area contributed by atoms with E-state index >= 15 is 0 Å². The number of furan rings is 1. The van der Waals surface area contributed by atoms with Crippen LogP contribution in [0.2, 0.25) is 15.1 Å². The number of carbonyl (C=O) groups excluding carboxylic acids is 1. The number of esters is 1. The van der Waals surface area contributed by atoms with Gasteiger partial charge >= 0.3 is 5.97 Å². The Kier molecular flexibility index (Phi) is 5.70. The van der Waals surface area contributed by atoms with Crippen LogP contribution in [-0.2, 0) is 0 Å². The van der Waals surface area contributed by atoms with E-state index in [0.29, 0.717) is 43.0 Å². The minimum atomic E-state index is -0.659. The first-order chi connectivity index (χ1) is 16.3. The van der Waals surface area contributed by atoms with Gasteiger partial charge in [0, 0.05) is 26.7 Å². The summed E-state index contributed by atoms with van der Waals surface area (Å²) in [7, 11) is 0. The molecule has 2 N–H and O–H groups in total. The van der Waals surface area contributed by atoms with Gasteiger partial charge in [-0.3, -0.25) is 0 Å². The molecule has 0 aliphatic carbocycles. The molecule has 0 bridgehead atoms. The van der Waals surface area contributed by atoms with Crippen LogP contribution in [0.5, 0.6) is 11.5 Å². The molecule has 1 atom stereocenters. The van der Waals surface area contributed by atoms with Crippen molar-refractivity contribution < 1.29 is 18.7 Å². The van der Waals surface area contributed by atoms with Crippen molar-refractivity contribution in [1.29, 1.82) is 5.26 Å². The molecule has 2 aromatic carbocycles. The van der Waals surface area contributed by atoms with E-state index in [2.05, 4.69) is 6.07 Å². The maximum Gasteiger partial charge on any atom is 0.355 e. The normalized spacial score (nSPS) is 15.1. The number of hydrogen-bond acceptors (Lipinski definition) is 7. The number of nitrogens with zero attached hydrogens (tertiary/aromatic N) is 1. The molecule has 0 fully saturated rings. The number of benzene rings is 2. The number of halogens is 3. The quantitative estimate of drug-likeness (QED) is 0.222. The molecule has 5 rings (SSSR count). The Morgan fingerprint density at radius 2 is 1.97 bits per heavy atom. The maximum absolute atomic E-state index is 12.9. The van der Waals surface area contributed by atoms with Gasteiger partial charge in [0.05, 0.1) is 16.0 Å². The second kappa shape index (κ2) is 8.57. The number of ether oxygens (including phenoxy) is 2. The fourth-order valence-corrected chi connectivity index (χ4v) is 6.04. The maximum atomic E-state index is 12.9. The van der Waals surface area contributed by atoms with E-state index in [4.69, 9.17) is 54.4 Å². The summed E-state index contributed by atoms with van der Waals surface area (Å²) in [5.74, 6) is 0.563. The zero-order valence-corrected chi connectivity index (χ0v) is 20.4. The third kappa shape index (κ3) is 3.79. The van der Waals surface area contributed by atoms with Crippen LogP contribution in [0, 0.1) is 18.3 Å². The number of rotatable bonds is 3. The van der Waals surface area contributed by atoms with E-state index in [1.54, 1.807) is 36.4 Å². The summed E-state index contributed by atoms with van der Waals surface area (Å²) in [5.41, 5.74) is 6.91. The predicted octanol–water partition coefficient (Wildman–Crippen LogP) is 7.20. The standard InChI is InChI=1S/C24H13Cl3N2O4S/c1-10-2-5-16(31-10)19-13-4-3-12(8-17(13)33-23(29)14(19)9-28)32-24(30)22-21(27)20-15(26)6-11(25)7-18(20)34-22/h2-8,19H,29H2,1H3. The molecule has 1 aliphatic heterocycles.